The molecule has 3 aromatic carbocycles. The van der Waals surface area contributed by atoms with Crippen molar-refractivity contribution in [3.8, 4) is 0 Å². The molecular formula is C40H52O2S. The first-order valence-electron chi connectivity index (χ1n) is 17.5. The van der Waals surface area contributed by atoms with Gasteiger partial charge >= 0.3 is 5.97 Å². The Kier molecular flexibility index (Phi) is 10.3. The number of carbonyl (C=O) groups excluding carboxylic acids is 1. The van der Waals surface area contributed by atoms with Crippen LogP contribution in [0.25, 0.3) is 0 Å². The van der Waals surface area contributed by atoms with Crippen molar-refractivity contribution in [2.24, 2.45) is 0 Å². The molecule has 0 amide bonds. The molecule has 0 bridgehead atoms. The third-order valence-corrected chi connectivity index (χ3v) is 13.8. The van der Waals surface area contributed by atoms with Crippen molar-refractivity contribution in [2.75, 3.05) is 0 Å². The van der Waals surface area contributed by atoms with Crippen LogP contribution in [0.2, 0.25) is 0 Å². The average Bonchev–Trinajstić information content (AvgIpc) is 3.09. The fraction of sp³-hybridized carbons (Fsp3) is 0.525. The second-order valence-electron chi connectivity index (χ2n) is 13.5. The van der Waals surface area contributed by atoms with Gasteiger partial charge in [0.1, 0.15) is 0 Å². The van der Waals surface area contributed by atoms with Crippen LogP contribution in [0.1, 0.15) is 151 Å². The molecule has 0 unspecified atom stereocenters. The molecule has 0 saturated heterocycles. The van der Waals surface area contributed by atoms with Crippen molar-refractivity contribution in [2.45, 2.75) is 149 Å². The van der Waals surface area contributed by atoms with E-state index in [-0.39, 0.29) is 5.97 Å². The molecule has 230 valence electrons. The van der Waals surface area contributed by atoms with Crippen molar-refractivity contribution in [1.82, 2.24) is 0 Å². The third kappa shape index (κ3) is 6.93. The number of carbonyl (C=O) groups is 1. The van der Waals surface area contributed by atoms with E-state index in [1.54, 1.807) is 0 Å². The van der Waals surface area contributed by atoms with Gasteiger partial charge in [-0.3, -0.25) is 4.79 Å². The van der Waals surface area contributed by atoms with Gasteiger partial charge in [0.2, 0.25) is 0 Å². The zero-order valence-electron chi connectivity index (χ0n) is 26.4. The summed E-state index contributed by atoms with van der Waals surface area (Å²) in [4.78, 5) is 16.9. The fourth-order valence-electron chi connectivity index (χ4n) is 8.04. The predicted octanol–water partition coefficient (Wildman–Crippen LogP) is 12.4. The average molecular weight is 597 g/mol. The van der Waals surface area contributed by atoms with E-state index in [2.05, 4.69) is 79.7 Å². The third-order valence-electron chi connectivity index (χ3n) is 10.5. The molecule has 3 aromatic rings. The highest BCUT2D eigenvalue weighted by atomic mass is 32.3. The highest BCUT2D eigenvalue weighted by Gasteiger charge is 2.36. The summed E-state index contributed by atoms with van der Waals surface area (Å²) in [5, 5.41) is 0. The Hall–Kier alpha value is -2.52. The maximum Gasteiger partial charge on any atom is 0.317 e. The van der Waals surface area contributed by atoms with Crippen LogP contribution in [0, 0.1) is 0 Å². The lowest BCUT2D eigenvalue weighted by Crippen LogP contribution is -2.14. The SMILES string of the molecule is CCCC(=O)OS(c1ccc(C2CCCCC2)cc1)(c1ccc(C2CCCCC2)cc1)c1ccc(C2CCCCC2)cc1. The van der Waals surface area contributed by atoms with Gasteiger partial charge in [0.05, 0.1) is 0 Å². The van der Waals surface area contributed by atoms with Gasteiger partial charge in [0.25, 0.3) is 0 Å². The van der Waals surface area contributed by atoms with E-state index in [4.69, 9.17) is 4.18 Å². The van der Waals surface area contributed by atoms with E-state index >= 15 is 0 Å². The Morgan fingerprint density at radius 3 is 1.12 bits per heavy atom. The molecule has 3 aliphatic carbocycles. The highest BCUT2D eigenvalue weighted by molar-refractivity contribution is 8.30. The molecule has 2 nitrogen and oxygen atoms in total. The molecule has 3 aliphatic rings. The molecule has 0 aliphatic heterocycles. The predicted molar refractivity (Wildman–Crippen MR) is 180 cm³/mol. The van der Waals surface area contributed by atoms with Crippen molar-refractivity contribution in [1.29, 1.82) is 0 Å². The molecule has 43 heavy (non-hydrogen) atoms. The topological polar surface area (TPSA) is 26.3 Å². The molecule has 0 spiro atoms. The Morgan fingerprint density at radius 2 is 0.837 bits per heavy atom. The summed E-state index contributed by atoms with van der Waals surface area (Å²) in [7, 11) is -2.25. The van der Waals surface area contributed by atoms with Gasteiger partial charge in [-0.25, -0.2) is 0 Å². The zero-order chi connectivity index (χ0) is 29.5. The monoisotopic (exact) mass is 596 g/mol. The Bertz CT molecular complexity index is 1140. The number of hydrogen-bond acceptors (Lipinski definition) is 2. The first-order valence-corrected chi connectivity index (χ1v) is 19.1. The second-order valence-corrected chi connectivity index (χ2v) is 16.2. The maximum atomic E-state index is 13.5. The number of benzene rings is 3. The molecular weight excluding hydrogens is 545 g/mol. The normalized spacial score (nSPS) is 19.7. The summed E-state index contributed by atoms with van der Waals surface area (Å²) in [6, 6.07) is 27.8. The van der Waals surface area contributed by atoms with Crippen LogP contribution in [0.5, 0.6) is 0 Å². The van der Waals surface area contributed by atoms with E-state index in [1.165, 1.54) is 113 Å². The minimum atomic E-state index is -2.25. The van der Waals surface area contributed by atoms with Gasteiger partial charge in [-0.1, -0.05) is 101 Å². The van der Waals surface area contributed by atoms with Crippen LogP contribution in [0.15, 0.2) is 87.5 Å². The standard InChI is InChI=1S/C40H52O2S/c1-2-12-40(41)42-43(37-25-19-34(20-26-37)31-13-6-3-7-14-31,38-27-21-35(22-28-38)32-15-8-4-9-16-32)39-29-23-36(24-30-39)33-17-10-5-11-18-33/h19-33H,2-18H2,1H3. The molecule has 3 saturated carbocycles. The van der Waals surface area contributed by atoms with E-state index in [0.29, 0.717) is 24.2 Å². The van der Waals surface area contributed by atoms with Gasteiger partial charge in [-0.2, -0.15) is 0 Å². The van der Waals surface area contributed by atoms with Gasteiger partial charge in [0, 0.05) is 21.1 Å². The molecule has 0 radical (unpaired) electrons. The summed E-state index contributed by atoms with van der Waals surface area (Å²) in [5.74, 6) is 1.86. The van der Waals surface area contributed by atoms with Crippen LogP contribution >= 0.6 is 10.3 Å². The molecule has 0 atom stereocenters. The lowest BCUT2D eigenvalue weighted by Gasteiger charge is -2.40. The Labute approximate surface area is 262 Å². The first kappa shape index (κ1) is 30.5. The van der Waals surface area contributed by atoms with Crippen LogP contribution < -0.4 is 0 Å². The fourth-order valence-corrected chi connectivity index (χ4v) is 11.1. The van der Waals surface area contributed by atoms with Crippen molar-refractivity contribution >= 4 is 16.3 Å². The lowest BCUT2D eigenvalue weighted by atomic mass is 9.84. The van der Waals surface area contributed by atoms with Crippen LogP contribution in [-0.4, -0.2) is 5.97 Å². The maximum absolute atomic E-state index is 13.5. The lowest BCUT2D eigenvalue weighted by molar-refractivity contribution is -0.133. The largest absolute Gasteiger partial charge is 0.402 e. The smallest absolute Gasteiger partial charge is 0.317 e. The second kappa shape index (κ2) is 14.5. The van der Waals surface area contributed by atoms with Crippen LogP contribution in [-0.2, 0) is 8.98 Å². The highest BCUT2D eigenvalue weighted by Crippen LogP contribution is 2.69. The van der Waals surface area contributed by atoms with Gasteiger partial charge in [-0.05, 0) is 126 Å². The summed E-state index contributed by atoms with van der Waals surface area (Å²) in [6.45, 7) is 2.06. The van der Waals surface area contributed by atoms with E-state index in [1.807, 2.05) is 0 Å². The van der Waals surface area contributed by atoms with E-state index in [9.17, 15) is 4.79 Å². The van der Waals surface area contributed by atoms with Crippen LogP contribution in [0.3, 0.4) is 0 Å². The molecule has 0 heterocycles. The van der Waals surface area contributed by atoms with E-state index in [0.717, 1.165) is 21.1 Å². The first-order chi connectivity index (χ1) is 21.2. The molecule has 3 heteroatoms. The summed E-state index contributed by atoms with van der Waals surface area (Å²) >= 11 is 0. The quantitative estimate of drug-likeness (QED) is 0.246. The number of hydrogen-bond donors (Lipinski definition) is 0. The number of rotatable bonds is 9. The zero-order valence-corrected chi connectivity index (χ0v) is 27.2. The molecule has 0 aromatic heterocycles. The Morgan fingerprint density at radius 1 is 0.535 bits per heavy atom. The van der Waals surface area contributed by atoms with Crippen molar-refractivity contribution < 1.29 is 8.98 Å². The summed E-state index contributed by atoms with van der Waals surface area (Å²) in [6.07, 6.45) is 21.0. The van der Waals surface area contributed by atoms with Crippen molar-refractivity contribution in [3.05, 3.63) is 89.5 Å². The minimum Gasteiger partial charge on any atom is -0.402 e. The molecule has 3 fully saturated rings. The van der Waals surface area contributed by atoms with Gasteiger partial charge in [0.15, 0.2) is 0 Å². The van der Waals surface area contributed by atoms with Crippen molar-refractivity contribution in [3.63, 3.8) is 0 Å². The summed E-state index contributed by atoms with van der Waals surface area (Å²) in [5.41, 5.74) is 4.32. The van der Waals surface area contributed by atoms with E-state index < -0.39 is 10.3 Å². The minimum absolute atomic E-state index is 0.0958. The molecule has 0 N–H and O–H groups in total. The molecule has 6 rings (SSSR count). The van der Waals surface area contributed by atoms with Gasteiger partial charge in [-0.15, -0.1) is 0 Å². The summed E-state index contributed by atoms with van der Waals surface area (Å²) < 4.78 is 6.84. The van der Waals surface area contributed by atoms with Gasteiger partial charge < -0.3 is 4.18 Å². The van der Waals surface area contributed by atoms with Crippen LogP contribution in [0.4, 0.5) is 0 Å². The Balaban J connectivity index is 1.43.